The van der Waals surface area contributed by atoms with Crippen LogP contribution in [0.3, 0.4) is 0 Å². The van der Waals surface area contributed by atoms with Crippen molar-refractivity contribution < 1.29 is 5.11 Å². The molecule has 0 unspecified atom stereocenters. The molecule has 0 bridgehead atoms. The van der Waals surface area contributed by atoms with Crippen LogP contribution in [0.5, 0.6) is 0 Å². The molecule has 3 nitrogen and oxygen atoms in total. The van der Waals surface area contributed by atoms with Gasteiger partial charge in [-0.1, -0.05) is 23.7 Å². The lowest BCUT2D eigenvalue weighted by atomic mass is 10.0. The highest BCUT2D eigenvalue weighted by molar-refractivity contribution is 6.30. The van der Waals surface area contributed by atoms with Crippen molar-refractivity contribution in [3.63, 3.8) is 0 Å². The van der Waals surface area contributed by atoms with E-state index in [1.54, 1.807) is 0 Å². The number of rotatable bonds is 6. The highest BCUT2D eigenvalue weighted by Crippen LogP contribution is 2.18. The Morgan fingerprint density at radius 2 is 1.90 bits per heavy atom. The third-order valence-electron chi connectivity index (χ3n) is 4.17. The molecule has 1 aliphatic heterocycles. The van der Waals surface area contributed by atoms with E-state index in [0.29, 0.717) is 12.6 Å². The zero-order valence-electron chi connectivity index (χ0n) is 12.3. The van der Waals surface area contributed by atoms with Crippen LogP contribution >= 0.6 is 11.6 Å². The third-order valence-corrected chi connectivity index (χ3v) is 4.42. The summed E-state index contributed by atoms with van der Waals surface area (Å²) < 4.78 is 0. The first-order valence-electron chi connectivity index (χ1n) is 7.47. The van der Waals surface area contributed by atoms with E-state index in [0.717, 1.165) is 37.6 Å². The summed E-state index contributed by atoms with van der Waals surface area (Å²) in [5.74, 6) is 0. The van der Waals surface area contributed by atoms with Crippen LogP contribution in [0.1, 0.15) is 24.8 Å². The van der Waals surface area contributed by atoms with Crippen LogP contribution in [0, 0.1) is 0 Å². The first-order chi connectivity index (χ1) is 9.69. The molecule has 20 heavy (non-hydrogen) atoms. The molecular weight excluding hydrogens is 272 g/mol. The first-order valence-corrected chi connectivity index (χ1v) is 7.84. The molecule has 0 amide bonds. The van der Waals surface area contributed by atoms with Crippen LogP contribution in [-0.4, -0.2) is 54.2 Å². The third kappa shape index (κ3) is 4.74. The Bertz CT molecular complexity index is 388. The van der Waals surface area contributed by atoms with E-state index >= 15 is 0 Å². The maximum atomic E-state index is 8.89. The number of likely N-dealkylation sites (tertiary alicyclic amines) is 1. The Balaban J connectivity index is 1.75. The zero-order valence-corrected chi connectivity index (χ0v) is 13.0. The molecule has 0 atom stereocenters. The average molecular weight is 297 g/mol. The fourth-order valence-electron chi connectivity index (χ4n) is 2.87. The summed E-state index contributed by atoms with van der Waals surface area (Å²) in [6.45, 7) is 4.61. The van der Waals surface area contributed by atoms with Crippen LogP contribution in [0.15, 0.2) is 24.3 Å². The minimum absolute atomic E-state index is 0.291. The number of hydrogen-bond donors (Lipinski definition) is 1. The summed E-state index contributed by atoms with van der Waals surface area (Å²) in [7, 11) is 2.18. The summed E-state index contributed by atoms with van der Waals surface area (Å²) >= 11 is 5.91. The van der Waals surface area contributed by atoms with Gasteiger partial charge in [-0.25, -0.2) is 0 Å². The SMILES string of the molecule is CN(CCCO)C1CCN(Cc2ccc(Cl)cc2)CC1. The Kier molecular flexibility index (Phi) is 6.30. The summed E-state index contributed by atoms with van der Waals surface area (Å²) in [6.07, 6.45) is 3.31. The minimum Gasteiger partial charge on any atom is -0.396 e. The zero-order chi connectivity index (χ0) is 14.4. The van der Waals surface area contributed by atoms with Crippen LogP contribution in [0.25, 0.3) is 0 Å². The Labute approximate surface area is 127 Å². The molecule has 1 N–H and O–H groups in total. The second-order valence-electron chi connectivity index (χ2n) is 5.69. The van der Waals surface area contributed by atoms with E-state index in [-0.39, 0.29) is 0 Å². The van der Waals surface area contributed by atoms with Gasteiger partial charge in [-0.2, -0.15) is 0 Å². The number of hydrogen-bond acceptors (Lipinski definition) is 3. The van der Waals surface area contributed by atoms with Crippen molar-refractivity contribution in [2.45, 2.75) is 31.8 Å². The molecule has 112 valence electrons. The van der Waals surface area contributed by atoms with Crippen LogP contribution in [-0.2, 0) is 6.54 Å². The number of nitrogens with zero attached hydrogens (tertiary/aromatic N) is 2. The minimum atomic E-state index is 0.291. The van der Waals surface area contributed by atoms with Crippen LogP contribution < -0.4 is 0 Å². The summed E-state index contributed by atoms with van der Waals surface area (Å²) in [5, 5.41) is 9.70. The molecule has 1 aromatic carbocycles. The van der Waals surface area contributed by atoms with Gasteiger partial charge in [0.2, 0.25) is 0 Å². The molecule has 0 spiro atoms. The monoisotopic (exact) mass is 296 g/mol. The average Bonchev–Trinajstić information content (AvgIpc) is 2.48. The number of aliphatic hydroxyl groups is 1. The van der Waals surface area contributed by atoms with Gasteiger partial charge in [0.1, 0.15) is 0 Å². The van der Waals surface area contributed by atoms with Crippen molar-refractivity contribution >= 4 is 11.6 Å². The predicted molar refractivity (Wildman–Crippen MR) is 84.1 cm³/mol. The van der Waals surface area contributed by atoms with Gasteiger partial charge in [-0.3, -0.25) is 4.90 Å². The van der Waals surface area contributed by atoms with E-state index in [9.17, 15) is 0 Å². The molecule has 1 heterocycles. The van der Waals surface area contributed by atoms with Gasteiger partial charge < -0.3 is 10.0 Å². The fourth-order valence-corrected chi connectivity index (χ4v) is 2.99. The molecule has 1 aromatic rings. The molecule has 0 aromatic heterocycles. The maximum absolute atomic E-state index is 8.89. The van der Waals surface area contributed by atoms with E-state index in [1.807, 2.05) is 12.1 Å². The van der Waals surface area contributed by atoms with Crippen molar-refractivity contribution in [1.29, 1.82) is 0 Å². The molecule has 0 radical (unpaired) electrons. The largest absolute Gasteiger partial charge is 0.396 e. The Hall–Kier alpha value is -0.610. The molecule has 0 saturated carbocycles. The molecule has 2 rings (SSSR count). The summed E-state index contributed by atoms with van der Waals surface area (Å²) in [5.41, 5.74) is 1.33. The van der Waals surface area contributed by atoms with Gasteiger partial charge in [0.05, 0.1) is 0 Å². The number of aliphatic hydroxyl groups excluding tert-OH is 1. The number of piperidine rings is 1. The van der Waals surface area contributed by atoms with Crippen molar-refractivity contribution in [3.05, 3.63) is 34.9 Å². The molecule has 4 heteroatoms. The Morgan fingerprint density at radius 3 is 2.50 bits per heavy atom. The summed E-state index contributed by atoms with van der Waals surface area (Å²) in [4.78, 5) is 4.91. The van der Waals surface area contributed by atoms with Crippen molar-refractivity contribution in [2.24, 2.45) is 0 Å². The van der Waals surface area contributed by atoms with Gasteiger partial charge in [0.15, 0.2) is 0 Å². The predicted octanol–water partition coefficient (Wildman–Crippen LogP) is 2.62. The van der Waals surface area contributed by atoms with E-state index in [4.69, 9.17) is 16.7 Å². The molecule has 1 saturated heterocycles. The highest BCUT2D eigenvalue weighted by Gasteiger charge is 2.21. The van der Waals surface area contributed by atoms with E-state index < -0.39 is 0 Å². The van der Waals surface area contributed by atoms with Crippen LogP contribution in [0.4, 0.5) is 0 Å². The molecule has 0 aliphatic carbocycles. The molecular formula is C16H25ClN2O. The topological polar surface area (TPSA) is 26.7 Å². The van der Waals surface area contributed by atoms with Gasteiger partial charge in [0, 0.05) is 30.8 Å². The smallest absolute Gasteiger partial charge is 0.0443 e. The number of benzene rings is 1. The normalized spacial score (nSPS) is 17.8. The molecule has 1 aliphatic rings. The second-order valence-corrected chi connectivity index (χ2v) is 6.13. The summed E-state index contributed by atoms with van der Waals surface area (Å²) in [6, 6.07) is 8.82. The maximum Gasteiger partial charge on any atom is 0.0443 e. The standard InChI is InChI=1S/C16H25ClN2O/c1-18(9-2-12-20)16-7-10-19(11-8-16)13-14-3-5-15(17)6-4-14/h3-6,16,20H,2,7-13H2,1H3. The van der Waals surface area contributed by atoms with Crippen LogP contribution in [0.2, 0.25) is 5.02 Å². The number of halogens is 1. The first kappa shape index (κ1) is 15.8. The lowest BCUT2D eigenvalue weighted by molar-refractivity contribution is 0.117. The lowest BCUT2D eigenvalue weighted by Gasteiger charge is -2.36. The lowest BCUT2D eigenvalue weighted by Crippen LogP contribution is -2.43. The second kappa shape index (κ2) is 7.99. The van der Waals surface area contributed by atoms with Gasteiger partial charge in [-0.05, 0) is 57.1 Å². The van der Waals surface area contributed by atoms with Gasteiger partial charge >= 0.3 is 0 Å². The van der Waals surface area contributed by atoms with E-state index in [1.165, 1.54) is 18.4 Å². The quantitative estimate of drug-likeness (QED) is 0.874. The van der Waals surface area contributed by atoms with Crippen molar-refractivity contribution in [2.75, 3.05) is 33.3 Å². The van der Waals surface area contributed by atoms with Crippen molar-refractivity contribution in [3.8, 4) is 0 Å². The van der Waals surface area contributed by atoms with Gasteiger partial charge in [0.25, 0.3) is 0 Å². The van der Waals surface area contributed by atoms with E-state index in [2.05, 4.69) is 29.0 Å². The van der Waals surface area contributed by atoms with Crippen molar-refractivity contribution in [1.82, 2.24) is 9.80 Å². The van der Waals surface area contributed by atoms with Gasteiger partial charge in [-0.15, -0.1) is 0 Å². The fraction of sp³-hybridized carbons (Fsp3) is 0.625. The highest BCUT2D eigenvalue weighted by atomic mass is 35.5. The molecule has 1 fully saturated rings. The Morgan fingerprint density at radius 1 is 1.25 bits per heavy atom.